The van der Waals surface area contributed by atoms with E-state index in [2.05, 4.69) is 6.58 Å². The van der Waals surface area contributed by atoms with Gasteiger partial charge in [0.15, 0.2) is 5.76 Å². The number of aliphatic hydroxyl groups is 1. The number of carbonyl (C=O) groups is 1. The summed E-state index contributed by atoms with van der Waals surface area (Å²) in [6.07, 6.45) is 0. The monoisotopic (exact) mass is 103 g/mol. The molecule has 0 aliphatic rings. The number of carbonyl (C=O) groups excluding carboxylic acids is 1. The Balaban J connectivity index is 3.58. The average molecular weight is 103 g/mol. The Hall–Kier alpha value is -1.03. The molecule has 0 aromatic carbocycles. The molecule has 7 heavy (non-hydrogen) atoms. The molecular formula is C3H5NO3. The van der Waals surface area contributed by atoms with Gasteiger partial charge in [0.25, 0.3) is 0 Å². The molecule has 0 aliphatic heterocycles. The second-order valence-corrected chi connectivity index (χ2v) is 0.888. The van der Waals surface area contributed by atoms with Gasteiger partial charge in [-0.3, -0.25) is 10.0 Å². The van der Waals surface area contributed by atoms with Gasteiger partial charge in [0.2, 0.25) is 0 Å². The Labute approximate surface area is 40.0 Å². The van der Waals surface area contributed by atoms with Gasteiger partial charge in [0.1, 0.15) is 0 Å². The molecule has 1 amide bonds. The van der Waals surface area contributed by atoms with Gasteiger partial charge in [0, 0.05) is 0 Å². The highest BCUT2D eigenvalue weighted by Gasteiger charge is 1.97. The molecule has 0 saturated carbocycles. The Morgan fingerprint density at radius 3 is 2.14 bits per heavy atom. The predicted molar refractivity (Wildman–Crippen MR) is 21.7 cm³/mol. The second kappa shape index (κ2) is 2.20. The van der Waals surface area contributed by atoms with E-state index in [1.165, 1.54) is 5.48 Å². The third-order valence-corrected chi connectivity index (χ3v) is 0.364. The van der Waals surface area contributed by atoms with Crippen molar-refractivity contribution >= 4 is 5.91 Å². The minimum absolute atomic E-state index is 0.706. The van der Waals surface area contributed by atoms with E-state index in [9.17, 15) is 4.79 Å². The fourth-order valence-electron chi connectivity index (χ4n) is 0.0645. The smallest absolute Gasteiger partial charge is 0.308 e. The highest BCUT2D eigenvalue weighted by molar-refractivity contribution is 5.89. The quantitative estimate of drug-likeness (QED) is 0.182. The lowest BCUT2D eigenvalue weighted by atomic mass is 10.5. The zero-order valence-corrected chi connectivity index (χ0v) is 3.51. The van der Waals surface area contributed by atoms with Crippen molar-refractivity contribution in [2.24, 2.45) is 0 Å². The molecule has 0 rings (SSSR count). The lowest BCUT2D eigenvalue weighted by Crippen LogP contribution is -2.19. The minimum atomic E-state index is -0.986. The van der Waals surface area contributed by atoms with Crippen LogP contribution in [0.4, 0.5) is 0 Å². The van der Waals surface area contributed by atoms with Gasteiger partial charge in [-0.2, -0.15) is 0 Å². The first kappa shape index (κ1) is 5.97. The minimum Gasteiger partial charge on any atom is -0.503 e. The van der Waals surface area contributed by atoms with E-state index in [1.807, 2.05) is 0 Å². The zero-order chi connectivity index (χ0) is 5.86. The van der Waals surface area contributed by atoms with Gasteiger partial charge in [-0.15, -0.1) is 0 Å². The average Bonchev–Trinajstić information content (AvgIpc) is 1.65. The van der Waals surface area contributed by atoms with E-state index in [4.69, 9.17) is 10.3 Å². The molecule has 3 N–H and O–H groups in total. The number of rotatable bonds is 1. The van der Waals surface area contributed by atoms with E-state index in [1.54, 1.807) is 0 Å². The number of nitrogens with one attached hydrogen (secondary N) is 1. The summed E-state index contributed by atoms with van der Waals surface area (Å²) in [4.78, 5) is 9.80. The van der Waals surface area contributed by atoms with Crippen LogP contribution in [0.3, 0.4) is 0 Å². The van der Waals surface area contributed by atoms with Crippen LogP contribution in [-0.4, -0.2) is 16.2 Å². The van der Waals surface area contributed by atoms with Crippen LogP contribution < -0.4 is 5.48 Å². The Morgan fingerprint density at radius 1 is 1.71 bits per heavy atom. The predicted octanol–water partition coefficient (Wildman–Crippen LogP) is -0.437. The van der Waals surface area contributed by atoms with Crippen molar-refractivity contribution in [1.82, 2.24) is 5.48 Å². The topological polar surface area (TPSA) is 69.6 Å². The van der Waals surface area contributed by atoms with Crippen LogP contribution in [0.5, 0.6) is 0 Å². The number of hydrogen-bond donors (Lipinski definition) is 3. The van der Waals surface area contributed by atoms with Crippen LogP contribution in [0.25, 0.3) is 0 Å². The first-order chi connectivity index (χ1) is 3.18. The summed E-state index contributed by atoms with van der Waals surface area (Å²) < 4.78 is 0. The SMILES string of the molecule is C=C(O)C(=O)NO. The van der Waals surface area contributed by atoms with Crippen LogP contribution in [0.1, 0.15) is 0 Å². The molecule has 0 atom stereocenters. The van der Waals surface area contributed by atoms with Gasteiger partial charge < -0.3 is 5.11 Å². The molecule has 0 unspecified atom stereocenters. The standard InChI is InChI=1S/C3H5NO3/c1-2(5)3(6)4-7/h5,7H,1H2,(H,4,6). The maximum absolute atomic E-state index is 9.80. The van der Waals surface area contributed by atoms with Crippen LogP contribution >= 0.6 is 0 Å². The summed E-state index contributed by atoms with van der Waals surface area (Å²) in [5.74, 6) is -1.69. The normalized spacial score (nSPS) is 7.57. The maximum Gasteiger partial charge on any atom is 0.308 e. The lowest BCUT2D eigenvalue weighted by molar-refractivity contribution is -0.127. The Kier molecular flexibility index (Phi) is 1.87. The number of hydrogen-bond acceptors (Lipinski definition) is 3. The molecule has 0 spiro atoms. The summed E-state index contributed by atoms with van der Waals surface area (Å²) in [7, 11) is 0. The van der Waals surface area contributed by atoms with Crippen LogP contribution in [0, 0.1) is 0 Å². The number of amides is 1. The summed E-state index contributed by atoms with van der Waals surface area (Å²) in [6.45, 7) is 2.81. The number of hydroxylamine groups is 1. The third kappa shape index (κ3) is 1.77. The molecule has 4 nitrogen and oxygen atoms in total. The molecule has 0 saturated heterocycles. The van der Waals surface area contributed by atoms with Crippen molar-refractivity contribution in [1.29, 1.82) is 0 Å². The molecule has 0 aromatic rings. The maximum atomic E-state index is 9.80. The summed E-state index contributed by atoms with van der Waals surface area (Å²) >= 11 is 0. The molecule has 0 aliphatic carbocycles. The van der Waals surface area contributed by atoms with Crippen LogP contribution in [-0.2, 0) is 4.79 Å². The highest BCUT2D eigenvalue weighted by Crippen LogP contribution is 1.75. The zero-order valence-electron chi connectivity index (χ0n) is 3.51. The molecule has 0 bridgehead atoms. The molecule has 4 heteroatoms. The third-order valence-electron chi connectivity index (χ3n) is 0.364. The Bertz CT molecular complexity index is 98.4. The summed E-state index contributed by atoms with van der Waals surface area (Å²) in [5.41, 5.74) is 1.18. The van der Waals surface area contributed by atoms with Crippen molar-refractivity contribution in [3.8, 4) is 0 Å². The van der Waals surface area contributed by atoms with Crippen molar-refractivity contribution in [3.05, 3.63) is 12.3 Å². The number of aliphatic hydroxyl groups excluding tert-OH is 1. The van der Waals surface area contributed by atoms with Crippen molar-refractivity contribution in [2.45, 2.75) is 0 Å². The molecular weight excluding hydrogens is 98.0 g/mol. The van der Waals surface area contributed by atoms with Crippen molar-refractivity contribution in [3.63, 3.8) is 0 Å². The molecule has 40 valence electrons. The first-order valence-electron chi connectivity index (χ1n) is 1.50. The lowest BCUT2D eigenvalue weighted by Gasteiger charge is -1.89. The molecule has 0 aromatic heterocycles. The fraction of sp³-hybridized carbons (Fsp3) is 0. The Morgan fingerprint density at radius 2 is 2.14 bits per heavy atom. The van der Waals surface area contributed by atoms with E-state index in [-0.39, 0.29) is 0 Å². The van der Waals surface area contributed by atoms with Crippen molar-refractivity contribution in [2.75, 3.05) is 0 Å². The highest BCUT2D eigenvalue weighted by atomic mass is 16.5. The summed E-state index contributed by atoms with van der Waals surface area (Å²) in [6, 6.07) is 0. The van der Waals surface area contributed by atoms with Gasteiger partial charge >= 0.3 is 5.91 Å². The first-order valence-corrected chi connectivity index (χ1v) is 1.50. The van der Waals surface area contributed by atoms with Crippen molar-refractivity contribution < 1.29 is 15.1 Å². The van der Waals surface area contributed by atoms with Crippen LogP contribution in [0.2, 0.25) is 0 Å². The van der Waals surface area contributed by atoms with E-state index < -0.39 is 11.7 Å². The fourth-order valence-corrected chi connectivity index (χ4v) is 0.0645. The second-order valence-electron chi connectivity index (χ2n) is 0.888. The summed E-state index contributed by atoms with van der Waals surface area (Å²) in [5, 5.41) is 15.7. The molecule has 0 radical (unpaired) electrons. The van der Waals surface area contributed by atoms with Gasteiger partial charge in [-0.25, -0.2) is 5.48 Å². The van der Waals surface area contributed by atoms with E-state index in [0.29, 0.717) is 0 Å². The van der Waals surface area contributed by atoms with E-state index >= 15 is 0 Å². The molecule has 0 heterocycles. The largest absolute Gasteiger partial charge is 0.503 e. The van der Waals surface area contributed by atoms with Gasteiger partial charge in [0.05, 0.1) is 0 Å². The molecule has 0 fully saturated rings. The van der Waals surface area contributed by atoms with Gasteiger partial charge in [-0.1, -0.05) is 6.58 Å². The van der Waals surface area contributed by atoms with Gasteiger partial charge in [-0.05, 0) is 0 Å². The van der Waals surface area contributed by atoms with E-state index in [0.717, 1.165) is 0 Å². The van der Waals surface area contributed by atoms with Crippen LogP contribution in [0.15, 0.2) is 12.3 Å².